The fourth-order valence-corrected chi connectivity index (χ4v) is 3.25. The molecule has 4 heteroatoms. The fourth-order valence-electron chi connectivity index (χ4n) is 2.01. The molecular formula is C16H13ClN2S. The molecule has 0 spiro atoms. The van der Waals surface area contributed by atoms with Crippen LogP contribution in [0.25, 0.3) is 10.9 Å². The van der Waals surface area contributed by atoms with E-state index in [9.17, 15) is 0 Å². The van der Waals surface area contributed by atoms with Gasteiger partial charge in [-0.05, 0) is 24.3 Å². The summed E-state index contributed by atoms with van der Waals surface area (Å²) in [6.07, 6.45) is 0. The van der Waals surface area contributed by atoms with Gasteiger partial charge in [0.05, 0.1) is 16.2 Å². The minimum atomic E-state index is 0.691. The summed E-state index contributed by atoms with van der Waals surface area (Å²) >= 11 is 7.79. The number of nitrogens with zero attached hydrogens (tertiary/aromatic N) is 1. The normalized spacial score (nSPS) is 10.8. The van der Waals surface area contributed by atoms with Crippen LogP contribution in [0.1, 0.15) is 5.69 Å². The molecule has 2 N–H and O–H groups in total. The van der Waals surface area contributed by atoms with Gasteiger partial charge in [-0.15, -0.1) is 11.8 Å². The van der Waals surface area contributed by atoms with E-state index >= 15 is 0 Å². The third-order valence-corrected chi connectivity index (χ3v) is 4.63. The second kappa shape index (κ2) is 5.73. The number of para-hydroxylation sites is 1. The largest absolute Gasteiger partial charge is 0.398 e. The molecule has 0 bridgehead atoms. The number of benzene rings is 2. The van der Waals surface area contributed by atoms with E-state index in [2.05, 4.69) is 17.1 Å². The molecule has 0 atom stereocenters. The van der Waals surface area contributed by atoms with Crippen LogP contribution >= 0.6 is 23.4 Å². The second-order valence-corrected chi connectivity index (χ2v) is 5.83. The highest BCUT2D eigenvalue weighted by Gasteiger charge is 2.06. The minimum absolute atomic E-state index is 0.691. The molecule has 0 aliphatic carbocycles. The maximum absolute atomic E-state index is 6.17. The minimum Gasteiger partial charge on any atom is -0.398 e. The molecule has 2 aromatic carbocycles. The number of aromatic nitrogens is 1. The van der Waals surface area contributed by atoms with Gasteiger partial charge in [-0.25, -0.2) is 0 Å². The van der Waals surface area contributed by atoms with Gasteiger partial charge in [-0.2, -0.15) is 0 Å². The Morgan fingerprint density at radius 2 is 1.85 bits per heavy atom. The standard InChI is InChI=1S/C16H13ClN2S/c17-13-5-3-6-14(18)16(13)20-10-12-9-8-11-4-1-2-7-15(11)19-12/h1-9H,10,18H2. The van der Waals surface area contributed by atoms with E-state index in [-0.39, 0.29) is 0 Å². The van der Waals surface area contributed by atoms with E-state index in [0.29, 0.717) is 10.7 Å². The summed E-state index contributed by atoms with van der Waals surface area (Å²) in [6.45, 7) is 0. The van der Waals surface area contributed by atoms with Crippen molar-refractivity contribution in [3.63, 3.8) is 0 Å². The summed E-state index contributed by atoms with van der Waals surface area (Å²) in [6, 6.07) is 17.8. The molecule has 3 aromatic rings. The Morgan fingerprint density at radius 1 is 1.00 bits per heavy atom. The lowest BCUT2D eigenvalue weighted by Crippen LogP contribution is -1.91. The number of pyridine rings is 1. The Labute approximate surface area is 127 Å². The molecule has 0 aliphatic rings. The molecule has 1 heterocycles. The molecule has 2 nitrogen and oxygen atoms in total. The third-order valence-electron chi connectivity index (χ3n) is 3.02. The predicted octanol–water partition coefficient (Wildman–Crippen LogP) is 4.76. The number of rotatable bonds is 3. The zero-order chi connectivity index (χ0) is 13.9. The van der Waals surface area contributed by atoms with E-state index < -0.39 is 0 Å². The Bertz CT molecular complexity index is 738. The molecule has 0 radical (unpaired) electrons. The van der Waals surface area contributed by atoms with E-state index in [1.54, 1.807) is 11.8 Å². The average molecular weight is 301 g/mol. The number of hydrogen-bond donors (Lipinski definition) is 1. The average Bonchev–Trinajstić information content (AvgIpc) is 2.46. The lowest BCUT2D eigenvalue weighted by atomic mass is 10.2. The number of hydrogen-bond acceptors (Lipinski definition) is 3. The van der Waals surface area contributed by atoms with Gasteiger partial charge in [-0.1, -0.05) is 41.9 Å². The molecule has 3 rings (SSSR count). The topological polar surface area (TPSA) is 38.9 Å². The Kier molecular flexibility index (Phi) is 3.81. The highest BCUT2D eigenvalue weighted by atomic mass is 35.5. The maximum atomic E-state index is 6.17. The number of fused-ring (bicyclic) bond motifs is 1. The summed E-state index contributed by atoms with van der Waals surface area (Å²) in [4.78, 5) is 5.57. The Morgan fingerprint density at radius 3 is 2.70 bits per heavy atom. The van der Waals surface area contributed by atoms with Crippen molar-refractivity contribution in [3.8, 4) is 0 Å². The Hall–Kier alpha value is -1.71. The number of halogens is 1. The zero-order valence-electron chi connectivity index (χ0n) is 10.7. The molecule has 0 aliphatic heterocycles. The molecule has 20 heavy (non-hydrogen) atoms. The lowest BCUT2D eigenvalue weighted by Gasteiger charge is -2.07. The monoisotopic (exact) mass is 300 g/mol. The van der Waals surface area contributed by atoms with Gasteiger partial charge in [-0.3, -0.25) is 4.98 Å². The number of nitrogens with two attached hydrogens (primary N) is 1. The van der Waals surface area contributed by atoms with Crippen molar-refractivity contribution < 1.29 is 0 Å². The van der Waals surface area contributed by atoms with E-state index in [0.717, 1.165) is 27.2 Å². The van der Waals surface area contributed by atoms with Crippen LogP contribution in [0.5, 0.6) is 0 Å². The van der Waals surface area contributed by atoms with Crippen LogP contribution in [0.15, 0.2) is 59.5 Å². The van der Waals surface area contributed by atoms with E-state index in [4.69, 9.17) is 17.3 Å². The second-order valence-electron chi connectivity index (χ2n) is 4.44. The van der Waals surface area contributed by atoms with Gasteiger partial charge in [0.25, 0.3) is 0 Å². The maximum Gasteiger partial charge on any atom is 0.0705 e. The molecule has 0 unspecified atom stereocenters. The van der Waals surface area contributed by atoms with Crippen LogP contribution in [-0.2, 0) is 5.75 Å². The van der Waals surface area contributed by atoms with Crippen LogP contribution in [0.2, 0.25) is 5.02 Å². The molecule has 0 fully saturated rings. The van der Waals surface area contributed by atoms with Gasteiger partial charge >= 0.3 is 0 Å². The quantitative estimate of drug-likeness (QED) is 0.560. The highest BCUT2D eigenvalue weighted by Crippen LogP contribution is 2.34. The molecule has 0 amide bonds. The van der Waals surface area contributed by atoms with Crippen LogP contribution in [0.4, 0.5) is 5.69 Å². The predicted molar refractivity (Wildman–Crippen MR) is 87.2 cm³/mol. The van der Waals surface area contributed by atoms with Crippen molar-refractivity contribution in [1.82, 2.24) is 4.98 Å². The fraction of sp³-hybridized carbons (Fsp3) is 0.0625. The SMILES string of the molecule is Nc1cccc(Cl)c1SCc1ccc2ccccc2n1. The molecule has 100 valence electrons. The van der Waals surface area contributed by atoms with Crippen LogP contribution in [-0.4, -0.2) is 4.98 Å². The lowest BCUT2D eigenvalue weighted by molar-refractivity contribution is 1.22. The zero-order valence-corrected chi connectivity index (χ0v) is 12.3. The molecule has 0 saturated heterocycles. The highest BCUT2D eigenvalue weighted by molar-refractivity contribution is 7.98. The van der Waals surface area contributed by atoms with E-state index in [1.165, 1.54) is 0 Å². The van der Waals surface area contributed by atoms with Crippen LogP contribution in [0.3, 0.4) is 0 Å². The first kappa shape index (κ1) is 13.3. The number of thioether (sulfide) groups is 1. The van der Waals surface area contributed by atoms with Gasteiger partial charge < -0.3 is 5.73 Å². The summed E-state index contributed by atoms with van der Waals surface area (Å²) in [5.41, 5.74) is 8.69. The molecule has 0 saturated carbocycles. The molecular weight excluding hydrogens is 288 g/mol. The first-order valence-corrected chi connectivity index (χ1v) is 7.62. The van der Waals surface area contributed by atoms with E-state index in [1.807, 2.05) is 42.5 Å². The molecule has 1 aromatic heterocycles. The first-order valence-electron chi connectivity index (χ1n) is 6.25. The van der Waals surface area contributed by atoms with Gasteiger partial charge in [0.1, 0.15) is 0 Å². The van der Waals surface area contributed by atoms with Gasteiger partial charge in [0, 0.05) is 21.7 Å². The smallest absolute Gasteiger partial charge is 0.0705 e. The van der Waals surface area contributed by atoms with Gasteiger partial charge in [0.2, 0.25) is 0 Å². The van der Waals surface area contributed by atoms with Crippen molar-refractivity contribution >= 4 is 40.0 Å². The summed E-state index contributed by atoms with van der Waals surface area (Å²) < 4.78 is 0. The van der Waals surface area contributed by atoms with Crippen molar-refractivity contribution in [2.24, 2.45) is 0 Å². The van der Waals surface area contributed by atoms with Crippen molar-refractivity contribution in [3.05, 3.63) is 65.3 Å². The van der Waals surface area contributed by atoms with Crippen LogP contribution < -0.4 is 5.73 Å². The van der Waals surface area contributed by atoms with Crippen molar-refractivity contribution in [1.29, 1.82) is 0 Å². The summed E-state index contributed by atoms with van der Waals surface area (Å²) in [5.74, 6) is 0.749. The van der Waals surface area contributed by atoms with Crippen molar-refractivity contribution in [2.75, 3.05) is 5.73 Å². The number of nitrogen functional groups attached to an aromatic ring is 1. The Balaban J connectivity index is 1.83. The number of anilines is 1. The van der Waals surface area contributed by atoms with Crippen LogP contribution in [0, 0.1) is 0 Å². The van der Waals surface area contributed by atoms with Gasteiger partial charge in [0.15, 0.2) is 0 Å². The third kappa shape index (κ3) is 2.74. The first-order chi connectivity index (χ1) is 9.74. The summed E-state index contributed by atoms with van der Waals surface area (Å²) in [7, 11) is 0. The van der Waals surface area contributed by atoms with Crippen molar-refractivity contribution in [2.45, 2.75) is 10.6 Å². The summed E-state index contributed by atoms with van der Waals surface area (Å²) in [5, 5.41) is 1.84.